The summed E-state index contributed by atoms with van der Waals surface area (Å²) in [4.78, 5) is 29.9. The second-order valence-electron chi connectivity index (χ2n) is 7.63. The molecule has 0 fully saturated rings. The summed E-state index contributed by atoms with van der Waals surface area (Å²) in [5, 5.41) is 2.76. The van der Waals surface area contributed by atoms with Crippen LogP contribution in [0.15, 0.2) is 73.8 Å². The third-order valence-corrected chi connectivity index (χ3v) is 5.94. The van der Waals surface area contributed by atoms with Crippen molar-refractivity contribution in [2.24, 2.45) is 11.7 Å². The van der Waals surface area contributed by atoms with Gasteiger partial charge in [-0.3, -0.25) is 16.7 Å². The molecule has 0 aliphatic heterocycles. The smallest absolute Gasteiger partial charge is 0.161 e. The van der Waals surface area contributed by atoms with Crippen LogP contribution in [-0.2, 0) is 0 Å². The Balaban J connectivity index is 0.00000124. The van der Waals surface area contributed by atoms with Crippen LogP contribution in [0.1, 0.15) is 5.56 Å². The number of rotatable bonds is 3. The van der Waals surface area contributed by atoms with E-state index in [0.29, 0.717) is 21.9 Å². The number of aromatic nitrogens is 7. The van der Waals surface area contributed by atoms with E-state index in [1.165, 1.54) is 6.33 Å². The molecule has 0 aliphatic carbocycles. The van der Waals surface area contributed by atoms with Crippen LogP contribution in [-0.4, -0.2) is 34.9 Å². The monoisotopic (exact) mass is 481 g/mol. The van der Waals surface area contributed by atoms with E-state index in [9.17, 15) is 0 Å². The highest BCUT2D eigenvalue weighted by Gasteiger charge is 2.19. The SMILES string of the molecule is Cc1ccc2c(-c3ccc(Cl)cc3)nccc2c1-c1ncncc1-c1ncnc2[nH]cnc12.NN. The molecule has 4 heterocycles. The Morgan fingerprint density at radius 1 is 0.771 bits per heavy atom. The summed E-state index contributed by atoms with van der Waals surface area (Å²) in [6.07, 6.45) is 8.29. The molecule has 0 spiro atoms. The summed E-state index contributed by atoms with van der Waals surface area (Å²) in [5.74, 6) is 8.00. The normalized spacial score (nSPS) is 10.9. The first-order chi connectivity index (χ1) is 17.2. The van der Waals surface area contributed by atoms with Crippen LogP contribution in [0.4, 0.5) is 0 Å². The maximum atomic E-state index is 6.10. The van der Waals surface area contributed by atoms with Gasteiger partial charge in [0.1, 0.15) is 23.9 Å². The van der Waals surface area contributed by atoms with Gasteiger partial charge >= 0.3 is 0 Å². The number of nitrogens with zero attached hydrogens (tertiary/aromatic N) is 6. The van der Waals surface area contributed by atoms with Gasteiger partial charge in [-0.05, 0) is 36.1 Å². The van der Waals surface area contributed by atoms with Crippen LogP contribution in [0.25, 0.3) is 55.7 Å². The van der Waals surface area contributed by atoms with Crippen LogP contribution in [0, 0.1) is 6.92 Å². The first kappa shape index (κ1) is 22.5. The van der Waals surface area contributed by atoms with E-state index < -0.39 is 0 Å². The van der Waals surface area contributed by atoms with Crippen molar-refractivity contribution in [1.82, 2.24) is 34.9 Å². The van der Waals surface area contributed by atoms with Gasteiger partial charge in [0.25, 0.3) is 0 Å². The van der Waals surface area contributed by atoms with Gasteiger partial charge in [0, 0.05) is 39.5 Å². The predicted molar refractivity (Wildman–Crippen MR) is 137 cm³/mol. The predicted octanol–water partition coefficient (Wildman–Crippen LogP) is 4.47. The van der Waals surface area contributed by atoms with Crippen molar-refractivity contribution >= 4 is 33.5 Å². The molecule has 6 rings (SSSR count). The van der Waals surface area contributed by atoms with E-state index >= 15 is 0 Å². The molecule has 4 aromatic heterocycles. The van der Waals surface area contributed by atoms with Crippen molar-refractivity contribution in [2.45, 2.75) is 6.92 Å². The average molecular weight is 482 g/mol. The van der Waals surface area contributed by atoms with E-state index in [1.54, 1.807) is 18.9 Å². The fourth-order valence-corrected chi connectivity index (χ4v) is 4.31. The minimum Gasteiger partial charge on any atom is -0.329 e. The van der Waals surface area contributed by atoms with Gasteiger partial charge in [-0.1, -0.05) is 35.9 Å². The molecule has 6 aromatic rings. The summed E-state index contributed by atoms with van der Waals surface area (Å²) in [6.45, 7) is 2.08. The third kappa shape index (κ3) is 3.97. The minimum atomic E-state index is 0.665. The lowest BCUT2D eigenvalue weighted by Gasteiger charge is -2.15. The zero-order valence-corrected chi connectivity index (χ0v) is 19.4. The van der Waals surface area contributed by atoms with Crippen molar-refractivity contribution in [2.75, 3.05) is 0 Å². The number of aryl methyl sites for hydroxylation is 1. The van der Waals surface area contributed by atoms with Gasteiger partial charge < -0.3 is 4.98 Å². The zero-order valence-electron chi connectivity index (χ0n) is 18.6. The summed E-state index contributed by atoms with van der Waals surface area (Å²) in [7, 11) is 0. The molecule has 5 N–H and O–H groups in total. The molecule has 0 atom stereocenters. The minimum absolute atomic E-state index is 0.665. The number of H-pyrrole nitrogens is 1. The number of nitrogens with one attached hydrogen (secondary N) is 1. The van der Waals surface area contributed by atoms with Crippen molar-refractivity contribution in [3.8, 4) is 33.8 Å². The standard InChI is InChI=1S/C25H16ClN7.H4N2/c1-14-2-7-18-17(8-9-28-21(18)15-3-5-16(26)6-4-15)20(14)22-19(10-27-11-29-22)23-24-25(32-12-30-23)33-13-31-24;1-2/h2-13H,1H3,(H,30,31,32,33);1-2H2. The first-order valence-corrected chi connectivity index (χ1v) is 11.0. The lowest BCUT2D eigenvalue weighted by Crippen LogP contribution is -2.02. The summed E-state index contributed by atoms with van der Waals surface area (Å²) < 4.78 is 0. The molecule has 0 amide bonds. The van der Waals surface area contributed by atoms with Gasteiger partial charge in [-0.15, -0.1) is 0 Å². The van der Waals surface area contributed by atoms with Crippen molar-refractivity contribution < 1.29 is 0 Å². The van der Waals surface area contributed by atoms with Crippen LogP contribution in [0.5, 0.6) is 0 Å². The number of pyridine rings is 1. The Morgan fingerprint density at radius 2 is 1.57 bits per heavy atom. The van der Waals surface area contributed by atoms with E-state index in [1.807, 2.05) is 36.5 Å². The lowest BCUT2D eigenvalue weighted by molar-refractivity contribution is 1.15. The molecule has 0 unspecified atom stereocenters. The Hall–Kier alpha value is -4.31. The number of hydrogen-bond acceptors (Lipinski definition) is 8. The first-order valence-electron chi connectivity index (χ1n) is 10.6. The number of imidazole rings is 1. The highest BCUT2D eigenvalue weighted by Crippen LogP contribution is 2.39. The van der Waals surface area contributed by atoms with Gasteiger partial charge in [0.05, 0.1) is 17.7 Å². The summed E-state index contributed by atoms with van der Waals surface area (Å²) in [6, 6.07) is 13.9. The molecule has 9 nitrogen and oxygen atoms in total. The molecule has 0 saturated carbocycles. The Labute approximate surface area is 205 Å². The quantitative estimate of drug-likeness (QED) is 0.248. The molecule has 0 bridgehead atoms. The fraction of sp³-hybridized carbons (Fsp3) is 0.0400. The molecule has 0 aliphatic rings. The van der Waals surface area contributed by atoms with E-state index in [0.717, 1.165) is 44.4 Å². The number of hydrogen-bond donors (Lipinski definition) is 3. The number of halogens is 1. The molecular weight excluding hydrogens is 462 g/mol. The van der Waals surface area contributed by atoms with E-state index in [2.05, 4.69) is 60.6 Å². The number of fused-ring (bicyclic) bond motifs is 2. The van der Waals surface area contributed by atoms with Crippen LogP contribution >= 0.6 is 11.6 Å². The second kappa shape index (κ2) is 9.51. The molecule has 0 saturated heterocycles. The maximum absolute atomic E-state index is 6.10. The number of aromatic amines is 1. The Bertz CT molecular complexity index is 1650. The molecule has 0 radical (unpaired) electrons. The number of nitrogens with two attached hydrogens (primary N) is 2. The Morgan fingerprint density at radius 3 is 2.40 bits per heavy atom. The average Bonchev–Trinajstić information content (AvgIpc) is 3.39. The molecule has 35 heavy (non-hydrogen) atoms. The Kier molecular flexibility index (Phi) is 6.11. The van der Waals surface area contributed by atoms with Crippen LogP contribution in [0.2, 0.25) is 5.02 Å². The summed E-state index contributed by atoms with van der Waals surface area (Å²) >= 11 is 6.10. The fourth-order valence-electron chi connectivity index (χ4n) is 4.18. The zero-order chi connectivity index (χ0) is 24.4. The summed E-state index contributed by atoms with van der Waals surface area (Å²) in [5.41, 5.74) is 7.57. The van der Waals surface area contributed by atoms with Gasteiger partial charge in [0.15, 0.2) is 5.65 Å². The third-order valence-electron chi connectivity index (χ3n) is 5.69. The van der Waals surface area contributed by atoms with Crippen LogP contribution in [0.3, 0.4) is 0 Å². The van der Waals surface area contributed by atoms with E-state index in [4.69, 9.17) is 16.6 Å². The van der Waals surface area contributed by atoms with Crippen molar-refractivity contribution in [3.05, 3.63) is 84.4 Å². The van der Waals surface area contributed by atoms with Gasteiger partial charge in [0.2, 0.25) is 0 Å². The topological polar surface area (TPSA) is 145 Å². The van der Waals surface area contributed by atoms with Crippen molar-refractivity contribution in [1.29, 1.82) is 0 Å². The molecule has 172 valence electrons. The molecule has 2 aromatic carbocycles. The van der Waals surface area contributed by atoms with E-state index in [-0.39, 0.29) is 0 Å². The largest absolute Gasteiger partial charge is 0.329 e. The molecule has 10 heteroatoms. The maximum Gasteiger partial charge on any atom is 0.161 e. The van der Waals surface area contributed by atoms with Crippen LogP contribution < -0.4 is 11.7 Å². The van der Waals surface area contributed by atoms with Gasteiger partial charge in [-0.2, -0.15) is 0 Å². The van der Waals surface area contributed by atoms with Crippen molar-refractivity contribution in [3.63, 3.8) is 0 Å². The molecular formula is C25H20ClN9. The lowest BCUT2D eigenvalue weighted by atomic mass is 9.92. The number of hydrazine groups is 1. The number of benzene rings is 2. The second-order valence-corrected chi connectivity index (χ2v) is 8.06. The highest BCUT2D eigenvalue weighted by atomic mass is 35.5. The highest BCUT2D eigenvalue weighted by molar-refractivity contribution is 6.30. The van der Waals surface area contributed by atoms with Gasteiger partial charge in [-0.25, -0.2) is 24.9 Å².